The van der Waals surface area contributed by atoms with E-state index >= 15 is 0 Å². The molecular weight excluding hydrogens is 376 g/mol. The van der Waals surface area contributed by atoms with Crippen molar-refractivity contribution in [2.75, 3.05) is 6.26 Å². The molecule has 3 aromatic rings. The normalized spacial score (nSPS) is 11.3. The first-order valence-corrected chi connectivity index (χ1v) is 10.8. The average Bonchev–Trinajstić information content (AvgIpc) is 2.66. The molecule has 0 aliphatic heterocycles. The summed E-state index contributed by atoms with van der Waals surface area (Å²) in [5, 5.41) is 1.08. The number of para-hydroxylation sites is 1. The zero-order chi connectivity index (χ0) is 20.0. The van der Waals surface area contributed by atoms with Gasteiger partial charge in [-0.05, 0) is 36.6 Å². The lowest BCUT2D eigenvalue weighted by Gasteiger charge is -2.09. The average molecular weight is 398 g/mol. The van der Waals surface area contributed by atoms with Crippen molar-refractivity contribution < 1.29 is 17.9 Å². The van der Waals surface area contributed by atoms with E-state index in [4.69, 9.17) is 4.74 Å². The minimum Gasteiger partial charge on any atom is -0.489 e. The molecule has 1 heterocycles. The number of nitrogens with one attached hydrogen (secondary N) is 1. The fourth-order valence-corrected chi connectivity index (χ4v) is 3.42. The van der Waals surface area contributed by atoms with Crippen LogP contribution in [0.4, 0.5) is 0 Å². The molecule has 1 amide bonds. The van der Waals surface area contributed by atoms with Gasteiger partial charge in [0, 0.05) is 23.6 Å². The van der Waals surface area contributed by atoms with Gasteiger partial charge in [-0.2, -0.15) is 0 Å². The minimum atomic E-state index is -3.49. The largest absolute Gasteiger partial charge is 0.489 e. The van der Waals surface area contributed by atoms with Gasteiger partial charge in [-0.3, -0.25) is 14.5 Å². The van der Waals surface area contributed by atoms with Gasteiger partial charge < -0.3 is 4.74 Å². The van der Waals surface area contributed by atoms with Gasteiger partial charge in [0.2, 0.25) is 15.9 Å². The molecular formula is C21H22N2O4S. The Morgan fingerprint density at radius 2 is 1.82 bits per heavy atom. The van der Waals surface area contributed by atoms with E-state index in [-0.39, 0.29) is 6.42 Å². The highest BCUT2D eigenvalue weighted by atomic mass is 32.2. The number of benzene rings is 2. The van der Waals surface area contributed by atoms with Crippen molar-refractivity contribution in [3.63, 3.8) is 0 Å². The van der Waals surface area contributed by atoms with Crippen molar-refractivity contribution in [3.05, 3.63) is 71.9 Å². The molecule has 146 valence electrons. The van der Waals surface area contributed by atoms with Crippen LogP contribution in [0, 0.1) is 0 Å². The van der Waals surface area contributed by atoms with Crippen LogP contribution in [0.2, 0.25) is 0 Å². The maximum Gasteiger partial charge on any atom is 0.233 e. The molecule has 3 rings (SSSR count). The Morgan fingerprint density at radius 1 is 1.07 bits per heavy atom. The lowest BCUT2D eigenvalue weighted by molar-refractivity contribution is -0.119. The number of fused-ring (bicyclic) bond motifs is 1. The van der Waals surface area contributed by atoms with Crippen molar-refractivity contribution in [1.82, 2.24) is 9.71 Å². The summed E-state index contributed by atoms with van der Waals surface area (Å²) in [5.41, 5.74) is 3.03. The summed E-state index contributed by atoms with van der Waals surface area (Å²) in [6.45, 7) is 0.430. The summed E-state index contributed by atoms with van der Waals surface area (Å²) in [5.74, 6) is 0.276. The van der Waals surface area contributed by atoms with Gasteiger partial charge in [0.05, 0.1) is 11.8 Å². The summed E-state index contributed by atoms with van der Waals surface area (Å²) in [7, 11) is -3.49. The van der Waals surface area contributed by atoms with Crippen molar-refractivity contribution in [2.24, 2.45) is 0 Å². The van der Waals surface area contributed by atoms with Crippen LogP contribution in [0.5, 0.6) is 5.75 Å². The van der Waals surface area contributed by atoms with Gasteiger partial charge in [-0.1, -0.05) is 36.4 Å². The van der Waals surface area contributed by atoms with E-state index in [9.17, 15) is 13.2 Å². The second kappa shape index (κ2) is 8.84. The number of carbonyl (C=O) groups is 1. The van der Waals surface area contributed by atoms with Gasteiger partial charge in [-0.25, -0.2) is 8.42 Å². The van der Waals surface area contributed by atoms with Crippen LogP contribution in [-0.2, 0) is 27.8 Å². The van der Waals surface area contributed by atoms with Gasteiger partial charge in [0.15, 0.2) is 0 Å². The lowest BCUT2D eigenvalue weighted by Crippen LogP contribution is -2.29. The molecule has 0 saturated heterocycles. The summed E-state index contributed by atoms with van der Waals surface area (Å²) < 4.78 is 29.8. The molecule has 0 fully saturated rings. The zero-order valence-electron chi connectivity index (χ0n) is 15.6. The van der Waals surface area contributed by atoms with E-state index in [0.717, 1.165) is 34.0 Å². The van der Waals surface area contributed by atoms with Crippen LogP contribution in [0.15, 0.2) is 60.8 Å². The molecule has 1 N–H and O–H groups in total. The maximum atomic E-state index is 11.5. The monoisotopic (exact) mass is 398 g/mol. The Hall–Kier alpha value is -2.93. The third kappa shape index (κ3) is 5.79. The van der Waals surface area contributed by atoms with Crippen molar-refractivity contribution in [3.8, 4) is 5.75 Å². The summed E-state index contributed by atoms with van der Waals surface area (Å²) in [6.07, 6.45) is 4.17. The van der Waals surface area contributed by atoms with Crippen LogP contribution < -0.4 is 9.46 Å². The Labute approximate surface area is 164 Å². The SMILES string of the molecule is CS(=O)(=O)NC(=O)CCCc1ccc(OCc2cccc3cccnc23)cc1. The summed E-state index contributed by atoms with van der Waals surface area (Å²) in [4.78, 5) is 15.9. The van der Waals surface area contributed by atoms with Gasteiger partial charge in [0.25, 0.3) is 0 Å². The first kappa shape index (κ1) is 19.8. The molecule has 0 saturated carbocycles. The van der Waals surface area contributed by atoms with Gasteiger partial charge >= 0.3 is 0 Å². The van der Waals surface area contributed by atoms with Crippen LogP contribution in [0.1, 0.15) is 24.0 Å². The van der Waals surface area contributed by atoms with Crippen molar-refractivity contribution in [1.29, 1.82) is 0 Å². The first-order chi connectivity index (χ1) is 13.4. The number of hydrogen-bond acceptors (Lipinski definition) is 5. The molecule has 0 atom stereocenters. The molecule has 0 aliphatic rings. The fourth-order valence-electron chi connectivity index (χ4n) is 2.91. The first-order valence-electron chi connectivity index (χ1n) is 8.96. The summed E-state index contributed by atoms with van der Waals surface area (Å²) in [6, 6.07) is 17.6. The number of amides is 1. The van der Waals surface area contributed by atoms with E-state index in [1.165, 1.54) is 0 Å². The second-order valence-corrected chi connectivity index (χ2v) is 8.32. The molecule has 0 unspecified atom stereocenters. The molecule has 6 nitrogen and oxygen atoms in total. The Kier molecular flexibility index (Phi) is 6.26. The summed E-state index contributed by atoms with van der Waals surface area (Å²) >= 11 is 0. The predicted octanol–water partition coefficient (Wildman–Crippen LogP) is 3.21. The number of sulfonamides is 1. The number of rotatable bonds is 8. The Bertz CT molecular complexity index is 1060. The van der Waals surface area contributed by atoms with Crippen LogP contribution in [-0.4, -0.2) is 25.6 Å². The lowest BCUT2D eigenvalue weighted by atomic mass is 10.1. The van der Waals surface area contributed by atoms with E-state index in [2.05, 4.69) is 4.98 Å². The highest BCUT2D eigenvalue weighted by Gasteiger charge is 2.08. The number of aryl methyl sites for hydroxylation is 1. The number of nitrogens with zero attached hydrogens (tertiary/aromatic N) is 1. The van der Waals surface area contributed by atoms with E-state index in [0.29, 0.717) is 19.4 Å². The molecule has 1 aromatic heterocycles. The third-order valence-electron chi connectivity index (χ3n) is 4.20. The molecule has 0 aliphatic carbocycles. The predicted molar refractivity (Wildman–Crippen MR) is 108 cm³/mol. The molecule has 0 spiro atoms. The highest BCUT2D eigenvalue weighted by Crippen LogP contribution is 2.19. The number of pyridine rings is 1. The number of carbonyl (C=O) groups excluding carboxylic acids is 1. The van der Waals surface area contributed by atoms with E-state index in [1.54, 1.807) is 6.20 Å². The highest BCUT2D eigenvalue weighted by molar-refractivity contribution is 7.89. The molecule has 7 heteroatoms. The minimum absolute atomic E-state index is 0.166. The quantitative estimate of drug-likeness (QED) is 0.630. The van der Waals surface area contributed by atoms with Crippen molar-refractivity contribution >= 4 is 26.8 Å². The van der Waals surface area contributed by atoms with E-state index in [1.807, 2.05) is 59.3 Å². The molecule has 2 aromatic carbocycles. The van der Waals surface area contributed by atoms with Crippen molar-refractivity contribution in [2.45, 2.75) is 25.9 Å². The second-order valence-electron chi connectivity index (χ2n) is 6.58. The van der Waals surface area contributed by atoms with Gasteiger partial charge in [-0.15, -0.1) is 0 Å². The maximum absolute atomic E-state index is 11.5. The topological polar surface area (TPSA) is 85.4 Å². The van der Waals surface area contributed by atoms with Crippen LogP contribution >= 0.6 is 0 Å². The van der Waals surface area contributed by atoms with E-state index < -0.39 is 15.9 Å². The fraction of sp³-hybridized carbons (Fsp3) is 0.238. The molecule has 28 heavy (non-hydrogen) atoms. The Balaban J connectivity index is 1.51. The number of ether oxygens (including phenoxy) is 1. The van der Waals surface area contributed by atoms with Gasteiger partial charge in [0.1, 0.15) is 12.4 Å². The smallest absolute Gasteiger partial charge is 0.233 e. The molecule has 0 bridgehead atoms. The third-order valence-corrected chi connectivity index (χ3v) is 4.80. The molecule has 0 radical (unpaired) electrons. The number of hydrogen-bond donors (Lipinski definition) is 1. The number of aromatic nitrogens is 1. The van der Waals surface area contributed by atoms with Crippen LogP contribution in [0.3, 0.4) is 0 Å². The standard InChI is InChI=1S/C21H22N2O4S/c1-28(25,26)23-20(24)9-2-5-16-10-12-19(13-11-16)27-15-18-7-3-6-17-8-4-14-22-21(17)18/h3-4,6-8,10-14H,2,5,9,15H2,1H3,(H,23,24). The van der Waals surface area contributed by atoms with Crippen LogP contribution in [0.25, 0.3) is 10.9 Å². The zero-order valence-corrected chi connectivity index (χ0v) is 16.4. The Morgan fingerprint density at radius 3 is 2.57 bits per heavy atom.